The molecule has 0 saturated carbocycles. The van der Waals surface area contributed by atoms with E-state index in [1.807, 2.05) is 20.8 Å². The third kappa shape index (κ3) is 12.9. The third-order valence-corrected chi connectivity index (χ3v) is 3.46. The number of nitrogens with one attached hydrogen (secondary N) is 1. The number of hydrogen-bond acceptors (Lipinski definition) is 4. The molecule has 0 bridgehead atoms. The zero-order valence-corrected chi connectivity index (χ0v) is 15.4. The quantitative estimate of drug-likeness (QED) is 0.401. The first-order valence-corrected chi connectivity index (χ1v) is 9.11. The Morgan fingerprint density at radius 2 is 1.52 bits per heavy atom. The van der Waals surface area contributed by atoms with Crippen molar-refractivity contribution in [2.45, 2.75) is 85.1 Å². The van der Waals surface area contributed by atoms with Crippen molar-refractivity contribution in [2.24, 2.45) is 5.92 Å². The summed E-state index contributed by atoms with van der Waals surface area (Å²) in [5.41, 5.74) is 0. The predicted octanol–water partition coefficient (Wildman–Crippen LogP) is 4.44. The van der Waals surface area contributed by atoms with E-state index in [0.717, 1.165) is 19.3 Å². The second-order valence-corrected chi connectivity index (χ2v) is 6.40. The number of ether oxygens (including phenoxy) is 2. The van der Waals surface area contributed by atoms with Crippen LogP contribution >= 0.6 is 0 Å². The molecule has 1 amide bonds. The molecule has 0 aliphatic rings. The van der Waals surface area contributed by atoms with Crippen molar-refractivity contribution in [2.75, 3.05) is 13.2 Å². The van der Waals surface area contributed by atoms with Crippen LogP contribution < -0.4 is 5.32 Å². The molecule has 0 aromatic carbocycles. The molecule has 136 valence electrons. The highest BCUT2D eigenvalue weighted by Gasteiger charge is 2.23. The number of esters is 1. The van der Waals surface area contributed by atoms with Gasteiger partial charge in [0.05, 0.1) is 13.2 Å². The highest BCUT2D eigenvalue weighted by molar-refractivity contribution is 5.81. The topological polar surface area (TPSA) is 64.6 Å². The maximum absolute atomic E-state index is 12.1. The molecular formula is C18H35NO4. The molecule has 0 aromatic heterocycles. The van der Waals surface area contributed by atoms with Crippen molar-refractivity contribution >= 4 is 12.1 Å². The van der Waals surface area contributed by atoms with Crippen molar-refractivity contribution in [3.05, 3.63) is 0 Å². The van der Waals surface area contributed by atoms with Crippen LogP contribution in [0, 0.1) is 5.92 Å². The standard InChI is InChI=1S/C18H35NO4/c1-5-7-8-9-10-11-13-22-17(20)16(14-15(3)4)19-18(21)23-12-6-2/h15-16H,5-14H2,1-4H3,(H,19,21)/t16-/m0/s1. The smallest absolute Gasteiger partial charge is 0.407 e. The van der Waals surface area contributed by atoms with Crippen LogP contribution in [0.5, 0.6) is 0 Å². The maximum atomic E-state index is 12.1. The first kappa shape index (κ1) is 21.7. The summed E-state index contributed by atoms with van der Waals surface area (Å²) in [4.78, 5) is 23.8. The second kappa shape index (κ2) is 14.3. The number of unbranched alkanes of at least 4 members (excludes halogenated alkanes) is 5. The average molecular weight is 329 g/mol. The number of rotatable bonds is 13. The lowest BCUT2D eigenvalue weighted by Gasteiger charge is -2.19. The summed E-state index contributed by atoms with van der Waals surface area (Å²) in [6, 6.07) is -0.626. The Morgan fingerprint density at radius 1 is 0.870 bits per heavy atom. The second-order valence-electron chi connectivity index (χ2n) is 6.40. The van der Waals surface area contributed by atoms with Crippen LogP contribution in [0.25, 0.3) is 0 Å². The van der Waals surface area contributed by atoms with E-state index in [2.05, 4.69) is 12.2 Å². The number of carbonyl (C=O) groups is 2. The summed E-state index contributed by atoms with van der Waals surface area (Å²) >= 11 is 0. The average Bonchev–Trinajstić information content (AvgIpc) is 2.50. The normalized spacial score (nSPS) is 12.0. The van der Waals surface area contributed by atoms with Crippen molar-refractivity contribution in [3.63, 3.8) is 0 Å². The fraction of sp³-hybridized carbons (Fsp3) is 0.889. The number of hydrogen-bond donors (Lipinski definition) is 1. The molecule has 0 aliphatic heterocycles. The molecular weight excluding hydrogens is 294 g/mol. The van der Waals surface area contributed by atoms with Crippen molar-refractivity contribution < 1.29 is 19.1 Å². The molecule has 23 heavy (non-hydrogen) atoms. The largest absolute Gasteiger partial charge is 0.464 e. The van der Waals surface area contributed by atoms with Crippen LogP contribution in [0.3, 0.4) is 0 Å². The highest BCUT2D eigenvalue weighted by atomic mass is 16.6. The van der Waals surface area contributed by atoms with Gasteiger partial charge < -0.3 is 14.8 Å². The van der Waals surface area contributed by atoms with Gasteiger partial charge in [0.2, 0.25) is 0 Å². The van der Waals surface area contributed by atoms with Gasteiger partial charge in [-0.1, -0.05) is 59.8 Å². The number of alkyl carbamates (subject to hydrolysis) is 1. The van der Waals surface area contributed by atoms with Crippen molar-refractivity contribution in [1.29, 1.82) is 0 Å². The fourth-order valence-corrected chi connectivity index (χ4v) is 2.22. The molecule has 0 rings (SSSR count). The SMILES string of the molecule is CCCCCCCCOC(=O)[C@H](CC(C)C)NC(=O)OCCC. The Bertz CT molecular complexity index is 318. The molecule has 0 heterocycles. The minimum absolute atomic E-state index is 0.285. The minimum Gasteiger partial charge on any atom is -0.464 e. The number of amides is 1. The summed E-state index contributed by atoms with van der Waals surface area (Å²) in [5.74, 6) is -0.0752. The summed E-state index contributed by atoms with van der Waals surface area (Å²) < 4.78 is 10.3. The van der Waals surface area contributed by atoms with Crippen LogP contribution in [-0.4, -0.2) is 31.3 Å². The van der Waals surface area contributed by atoms with E-state index in [1.165, 1.54) is 25.7 Å². The molecule has 0 aliphatic carbocycles. The summed E-state index contributed by atoms with van der Waals surface area (Å²) in [6.45, 7) is 8.90. The molecule has 0 radical (unpaired) electrons. The fourth-order valence-electron chi connectivity index (χ4n) is 2.22. The maximum Gasteiger partial charge on any atom is 0.407 e. The zero-order chi connectivity index (χ0) is 17.5. The van der Waals surface area contributed by atoms with Crippen LogP contribution in [0.4, 0.5) is 4.79 Å². The van der Waals surface area contributed by atoms with Gasteiger partial charge >= 0.3 is 12.1 Å². The summed E-state index contributed by atoms with van der Waals surface area (Å²) in [7, 11) is 0. The lowest BCUT2D eigenvalue weighted by Crippen LogP contribution is -2.43. The van der Waals surface area contributed by atoms with Crippen LogP contribution in [0.2, 0.25) is 0 Å². The molecule has 5 heteroatoms. The van der Waals surface area contributed by atoms with Gasteiger partial charge in [0.25, 0.3) is 0 Å². The van der Waals surface area contributed by atoms with Gasteiger partial charge in [0, 0.05) is 0 Å². The first-order valence-electron chi connectivity index (χ1n) is 9.11. The van der Waals surface area contributed by atoms with Crippen LogP contribution in [-0.2, 0) is 14.3 Å². The highest BCUT2D eigenvalue weighted by Crippen LogP contribution is 2.09. The summed E-state index contributed by atoms with van der Waals surface area (Å²) in [5, 5.41) is 2.62. The first-order chi connectivity index (χ1) is 11.0. The van der Waals surface area contributed by atoms with Gasteiger partial charge in [0.15, 0.2) is 0 Å². The molecule has 0 spiro atoms. The molecule has 1 atom stereocenters. The molecule has 0 fully saturated rings. The van der Waals surface area contributed by atoms with Gasteiger partial charge in [-0.3, -0.25) is 0 Å². The Balaban J connectivity index is 4.07. The van der Waals surface area contributed by atoms with Gasteiger partial charge in [-0.25, -0.2) is 9.59 Å². The predicted molar refractivity (Wildman–Crippen MR) is 92.4 cm³/mol. The lowest BCUT2D eigenvalue weighted by atomic mass is 10.0. The van der Waals surface area contributed by atoms with E-state index in [0.29, 0.717) is 19.6 Å². The van der Waals surface area contributed by atoms with Gasteiger partial charge in [-0.15, -0.1) is 0 Å². The van der Waals surface area contributed by atoms with Gasteiger partial charge in [-0.05, 0) is 25.2 Å². The molecule has 0 aromatic rings. The Kier molecular flexibility index (Phi) is 13.6. The third-order valence-electron chi connectivity index (χ3n) is 3.46. The van der Waals surface area contributed by atoms with Gasteiger partial charge in [0.1, 0.15) is 6.04 Å². The van der Waals surface area contributed by atoms with Crippen LogP contribution in [0.15, 0.2) is 0 Å². The molecule has 0 unspecified atom stereocenters. The molecule has 0 saturated heterocycles. The van der Waals surface area contributed by atoms with Crippen molar-refractivity contribution in [3.8, 4) is 0 Å². The van der Waals surface area contributed by atoms with Crippen molar-refractivity contribution in [1.82, 2.24) is 5.32 Å². The Hall–Kier alpha value is -1.26. The van der Waals surface area contributed by atoms with E-state index in [-0.39, 0.29) is 11.9 Å². The van der Waals surface area contributed by atoms with Gasteiger partial charge in [-0.2, -0.15) is 0 Å². The van der Waals surface area contributed by atoms with E-state index in [1.54, 1.807) is 0 Å². The molecule has 5 nitrogen and oxygen atoms in total. The Labute approximate surface area is 141 Å². The minimum atomic E-state index is -0.626. The zero-order valence-electron chi connectivity index (χ0n) is 15.4. The Morgan fingerprint density at radius 3 is 2.13 bits per heavy atom. The van der Waals surface area contributed by atoms with Crippen LogP contribution in [0.1, 0.15) is 79.1 Å². The van der Waals surface area contributed by atoms with E-state index in [9.17, 15) is 9.59 Å². The monoisotopic (exact) mass is 329 g/mol. The lowest BCUT2D eigenvalue weighted by molar-refractivity contribution is -0.146. The van der Waals surface area contributed by atoms with E-state index in [4.69, 9.17) is 9.47 Å². The van der Waals surface area contributed by atoms with E-state index < -0.39 is 12.1 Å². The summed E-state index contributed by atoms with van der Waals surface area (Å²) in [6.07, 6.45) is 7.63. The van der Waals surface area contributed by atoms with E-state index >= 15 is 0 Å². The molecule has 1 N–H and O–H groups in total. The number of carbonyl (C=O) groups excluding carboxylic acids is 2.